The molecule has 126 valence electrons. The minimum Gasteiger partial charge on any atom is -0.497 e. The van der Waals surface area contributed by atoms with E-state index in [1.807, 2.05) is 0 Å². The number of methoxy groups -OCH3 is 1. The number of carboxylic acid groups (broad SMARTS) is 1. The number of sulfonamides is 1. The molecule has 6 nitrogen and oxygen atoms in total. The zero-order valence-corrected chi connectivity index (χ0v) is 13.9. The summed E-state index contributed by atoms with van der Waals surface area (Å²) in [5.74, 6) is -0.433. The first-order valence-corrected chi connectivity index (χ1v) is 8.85. The molecule has 0 bridgehead atoms. The highest BCUT2D eigenvalue weighted by Gasteiger charge is 2.28. The summed E-state index contributed by atoms with van der Waals surface area (Å²) in [6, 6.07) is 11.1. The summed E-state index contributed by atoms with van der Waals surface area (Å²) >= 11 is 0. The summed E-state index contributed by atoms with van der Waals surface area (Å²) < 4.78 is 32.0. The zero-order chi connectivity index (χ0) is 17.3. The smallest absolute Gasteiger partial charge is 0.335 e. The lowest BCUT2D eigenvalue weighted by Crippen LogP contribution is -2.36. The highest BCUT2D eigenvalue weighted by Crippen LogP contribution is 2.26. The normalized spacial score (nSPS) is 14.9. The van der Waals surface area contributed by atoms with Crippen molar-refractivity contribution in [1.82, 2.24) is 4.31 Å². The molecule has 2 aromatic carbocycles. The van der Waals surface area contributed by atoms with E-state index < -0.39 is 16.0 Å². The predicted molar refractivity (Wildman–Crippen MR) is 87.7 cm³/mol. The first-order chi connectivity index (χ1) is 11.4. The Morgan fingerprint density at radius 3 is 2.46 bits per heavy atom. The second kappa shape index (κ2) is 6.26. The number of carboxylic acids is 1. The van der Waals surface area contributed by atoms with Gasteiger partial charge in [0.05, 0.1) is 17.6 Å². The van der Waals surface area contributed by atoms with Crippen LogP contribution in [0, 0.1) is 0 Å². The van der Waals surface area contributed by atoms with Crippen LogP contribution in [0.5, 0.6) is 5.75 Å². The van der Waals surface area contributed by atoms with Crippen LogP contribution in [0.25, 0.3) is 0 Å². The Kier molecular flexibility index (Phi) is 4.29. The number of benzene rings is 2. The lowest BCUT2D eigenvalue weighted by Gasteiger charge is -2.28. The van der Waals surface area contributed by atoms with Crippen molar-refractivity contribution in [3.63, 3.8) is 0 Å². The summed E-state index contributed by atoms with van der Waals surface area (Å²) in [5.41, 5.74) is 1.89. The van der Waals surface area contributed by atoms with Crippen LogP contribution >= 0.6 is 0 Å². The molecule has 1 N–H and O–H groups in total. The Morgan fingerprint density at radius 2 is 1.83 bits per heavy atom. The number of nitrogens with zero attached hydrogens (tertiary/aromatic N) is 1. The van der Waals surface area contributed by atoms with E-state index in [1.54, 1.807) is 30.3 Å². The van der Waals surface area contributed by atoms with Crippen molar-refractivity contribution < 1.29 is 23.1 Å². The van der Waals surface area contributed by atoms with E-state index >= 15 is 0 Å². The second-order valence-corrected chi connectivity index (χ2v) is 7.49. The van der Waals surface area contributed by atoms with E-state index in [0.29, 0.717) is 18.7 Å². The number of ether oxygens (including phenoxy) is 1. The fraction of sp³-hybridized carbons (Fsp3) is 0.235. The molecule has 7 heteroatoms. The van der Waals surface area contributed by atoms with Crippen molar-refractivity contribution >= 4 is 16.0 Å². The van der Waals surface area contributed by atoms with Gasteiger partial charge in [-0.25, -0.2) is 13.2 Å². The lowest BCUT2D eigenvalue weighted by atomic mass is 9.99. The van der Waals surface area contributed by atoms with Crippen LogP contribution in [0.4, 0.5) is 0 Å². The largest absolute Gasteiger partial charge is 0.497 e. The second-order valence-electron chi connectivity index (χ2n) is 5.55. The Bertz CT molecular complexity index is 874. The van der Waals surface area contributed by atoms with Crippen molar-refractivity contribution in [1.29, 1.82) is 0 Å². The highest BCUT2D eigenvalue weighted by atomic mass is 32.2. The molecule has 0 aromatic heterocycles. The van der Waals surface area contributed by atoms with Crippen LogP contribution in [-0.4, -0.2) is 37.5 Å². The van der Waals surface area contributed by atoms with Gasteiger partial charge < -0.3 is 9.84 Å². The maximum atomic E-state index is 12.8. The van der Waals surface area contributed by atoms with E-state index in [-0.39, 0.29) is 17.0 Å². The van der Waals surface area contributed by atoms with Crippen LogP contribution in [0.3, 0.4) is 0 Å². The Labute approximate surface area is 140 Å². The molecule has 1 heterocycles. The van der Waals surface area contributed by atoms with Gasteiger partial charge in [-0.1, -0.05) is 6.07 Å². The molecular formula is C17H17NO5S. The monoisotopic (exact) mass is 347 g/mol. The molecule has 0 spiro atoms. The fourth-order valence-corrected chi connectivity index (χ4v) is 4.19. The van der Waals surface area contributed by atoms with Gasteiger partial charge in [0.2, 0.25) is 10.0 Å². The molecule has 24 heavy (non-hydrogen) atoms. The Balaban J connectivity index is 1.90. The Morgan fingerprint density at radius 1 is 1.12 bits per heavy atom. The third-order valence-corrected chi connectivity index (χ3v) is 5.99. The van der Waals surface area contributed by atoms with Crippen LogP contribution in [-0.2, 0) is 23.0 Å². The van der Waals surface area contributed by atoms with Gasteiger partial charge in [-0.2, -0.15) is 4.31 Å². The van der Waals surface area contributed by atoms with E-state index in [9.17, 15) is 13.2 Å². The molecule has 0 atom stereocenters. The maximum Gasteiger partial charge on any atom is 0.335 e. The molecule has 0 fully saturated rings. The van der Waals surface area contributed by atoms with E-state index in [2.05, 4.69) is 0 Å². The summed E-state index contributed by atoms with van der Waals surface area (Å²) in [6.07, 6.45) is 0.560. The molecule has 2 aromatic rings. The highest BCUT2D eigenvalue weighted by molar-refractivity contribution is 7.89. The molecule has 0 radical (unpaired) electrons. The zero-order valence-electron chi connectivity index (χ0n) is 13.1. The van der Waals surface area contributed by atoms with Crippen molar-refractivity contribution in [2.24, 2.45) is 0 Å². The molecule has 0 saturated carbocycles. The molecule has 0 aliphatic carbocycles. The van der Waals surface area contributed by atoms with Gasteiger partial charge in [0.1, 0.15) is 5.75 Å². The summed E-state index contributed by atoms with van der Waals surface area (Å²) in [7, 11) is -2.11. The molecular weight excluding hydrogens is 330 g/mol. The van der Waals surface area contributed by atoms with Crippen LogP contribution in [0.2, 0.25) is 0 Å². The fourth-order valence-electron chi connectivity index (χ4n) is 2.77. The Hall–Kier alpha value is -2.38. The van der Waals surface area contributed by atoms with E-state index in [4.69, 9.17) is 9.84 Å². The molecule has 1 aliphatic rings. The molecule has 3 rings (SSSR count). The van der Waals surface area contributed by atoms with Gasteiger partial charge in [-0.3, -0.25) is 0 Å². The minimum atomic E-state index is -3.63. The average molecular weight is 347 g/mol. The van der Waals surface area contributed by atoms with Crippen molar-refractivity contribution in [3.05, 3.63) is 59.2 Å². The molecule has 1 aliphatic heterocycles. The van der Waals surface area contributed by atoms with Gasteiger partial charge in [0, 0.05) is 13.1 Å². The number of fused-ring (bicyclic) bond motifs is 1. The number of carbonyl (C=O) groups is 1. The number of hydrogen-bond acceptors (Lipinski definition) is 4. The van der Waals surface area contributed by atoms with Gasteiger partial charge >= 0.3 is 5.97 Å². The quantitative estimate of drug-likeness (QED) is 0.916. The number of aromatic carboxylic acids is 1. The summed E-state index contributed by atoms with van der Waals surface area (Å²) in [5, 5.41) is 9.10. The van der Waals surface area contributed by atoms with Gasteiger partial charge in [0.25, 0.3) is 0 Å². The minimum absolute atomic E-state index is 0.164. The summed E-state index contributed by atoms with van der Waals surface area (Å²) in [6.45, 7) is 0.540. The lowest BCUT2D eigenvalue weighted by molar-refractivity contribution is 0.0696. The number of rotatable bonds is 4. The van der Waals surface area contributed by atoms with E-state index in [1.165, 1.54) is 23.5 Å². The average Bonchev–Trinajstić information content (AvgIpc) is 2.60. The van der Waals surface area contributed by atoms with Gasteiger partial charge in [-0.15, -0.1) is 0 Å². The van der Waals surface area contributed by atoms with Crippen molar-refractivity contribution in [2.75, 3.05) is 13.7 Å². The van der Waals surface area contributed by atoms with Crippen molar-refractivity contribution in [3.8, 4) is 5.75 Å². The third-order valence-electron chi connectivity index (χ3n) is 4.13. The van der Waals surface area contributed by atoms with Crippen molar-refractivity contribution in [2.45, 2.75) is 17.9 Å². The molecule has 0 amide bonds. The van der Waals surface area contributed by atoms with Crippen LogP contribution in [0.1, 0.15) is 21.5 Å². The first kappa shape index (κ1) is 16.5. The van der Waals surface area contributed by atoms with Gasteiger partial charge in [0.15, 0.2) is 0 Å². The van der Waals surface area contributed by atoms with E-state index in [0.717, 1.165) is 11.1 Å². The third kappa shape index (κ3) is 3.00. The maximum absolute atomic E-state index is 12.8. The number of hydrogen-bond donors (Lipinski definition) is 1. The van der Waals surface area contributed by atoms with Crippen LogP contribution in [0.15, 0.2) is 47.4 Å². The standard InChI is InChI=1S/C17H17NO5S/c1-23-15-4-6-16(7-5-15)24(21,22)18-9-8-12-2-3-13(17(19)20)10-14(12)11-18/h2-7,10H,8-9,11H2,1H3,(H,19,20). The topological polar surface area (TPSA) is 83.9 Å². The predicted octanol–water partition coefficient (Wildman–Crippen LogP) is 2.14. The van der Waals surface area contributed by atoms with Crippen LogP contribution < -0.4 is 4.74 Å². The summed E-state index contributed by atoms with van der Waals surface area (Å²) in [4.78, 5) is 11.3. The molecule has 0 unspecified atom stereocenters. The SMILES string of the molecule is COc1ccc(S(=O)(=O)N2CCc3ccc(C(=O)O)cc3C2)cc1. The molecule has 0 saturated heterocycles. The van der Waals surface area contributed by atoms with Gasteiger partial charge in [-0.05, 0) is 53.9 Å². The first-order valence-electron chi connectivity index (χ1n) is 7.41.